The molecule has 0 amide bonds. The van der Waals surface area contributed by atoms with E-state index in [-0.39, 0.29) is 0 Å². The number of hydrogen-bond acceptors (Lipinski definition) is 3. The lowest BCUT2D eigenvalue weighted by molar-refractivity contribution is -0.138. The van der Waals surface area contributed by atoms with Crippen LogP contribution in [0.5, 0.6) is 0 Å². The molecular weight excluding hydrogens is 185 g/mol. The van der Waals surface area contributed by atoms with Crippen molar-refractivity contribution < 1.29 is 9.90 Å². The molecule has 0 heterocycles. The summed E-state index contributed by atoms with van der Waals surface area (Å²) in [5, 5.41) is 8.26. The minimum Gasteiger partial charge on any atom is -0.480 e. The molecule has 0 fully saturated rings. The van der Waals surface area contributed by atoms with Crippen LogP contribution in [0, 0.1) is 0 Å². The van der Waals surface area contributed by atoms with E-state index >= 15 is 0 Å². The zero-order valence-electron chi connectivity index (χ0n) is 4.21. The van der Waals surface area contributed by atoms with Crippen LogP contribution >= 0.6 is 36.0 Å². The van der Waals surface area contributed by atoms with Crippen molar-refractivity contribution in [2.45, 2.75) is 10.8 Å². The molecule has 0 aromatic carbocycles. The topological polar surface area (TPSA) is 49.3 Å². The van der Waals surface area contributed by atoms with Gasteiger partial charge in [-0.3, -0.25) is 4.79 Å². The Morgan fingerprint density at radius 3 is 2.22 bits per heavy atom. The molecule has 0 aliphatic rings. The fourth-order valence-electron chi connectivity index (χ4n) is 0.216. The smallest absolute Gasteiger partial charge is 0.324 e. The highest BCUT2D eigenvalue weighted by Crippen LogP contribution is 2.07. The van der Waals surface area contributed by atoms with Crippen LogP contribution in [0.4, 0.5) is 0 Å². The molecule has 0 rings (SSSR count). The Balaban J connectivity index is 3.83. The molecule has 0 spiro atoms. The second kappa shape index (κ2) is 4.22. The highest BCUT2D eigenvalue weighted by Gasteiger charge is 2.21. The summed E-state index contributed by atoms with van der Waals surface area (Å²) in [5.41, 5.74) is 0. The van der Waals surface area contributed by atoms with Gasteiger partial charge in [0.25, 0.3) is 0 Å². The van der Waals surface area contributed by atoms with Crippen molar-refractivity contribution in [2.24, 2.45) is 0 Å². The van der Waals surface area contributed by atoms with Crippen LogP contribution in [-0.2, 0) is 4.79 Å². The summed E-state index contributed by atoms with van der Waals surface area (Å²) in [7, 11) is 0. The minimum atomic E-state index is -1.12. The van der Waals surface area contributed by atoms with Crippen molar-refractivity contribution in [3.05, 3.63) is 0 Å². The number of carboxylic acids is 1. The Morgan fingerprint density at radius 2 is 2.22 bits per heavy atom. The molecule has 0 aliphatic heterocycles. The fourth-order valence-corrected chi connectivity index (χ4v) is 0.961. The van der Waals surface area contributed by atoms with Crippen LogP contribution in [0.25, 0.3) is 0 Å². The third-order valence-electron chi connectivity index (χ3n) is 0.659. The van der Waals surface area contributed by atoms with E-state index in [1.807, 2.05) is 4.84 Å². The van der Waals surface area contributed by atoms with Gasteiger partial charge in [-0.15, -0.1) is 11.6 Å². The molecule has 0 saturated heterocycles. The van der Waals surface area contributed by atoms with Crippen LogP contribution in [0.1, 0.15) is 0 Å². The molecule has 0 radical (unpaired) electrons. The van der Waals surface area contributed by atoms with Gasteiger partial charge in [0, 0.05) is 0 Å². The SMILES string of the molecule is O=C(O)[C@H](NCl)C(S)Cl. The molecule has 1 unspecified atom stereocenters. The molecule has 0 aliphatic carbocycles. The molecule has 2 atom stereocenters. The van der Waals surface area contributed by atoms with E-state index in [4.69, 9.17) is 28.5 Å². The average molecular weight is 190 g/mol. The standard InChI is InChI=1S/C3H5Cl2NO2S/c4-2(9)1(6-5)3(7)8/h1-2,6,9H,(H,7,8)/t1-,2?/m1/s1. The van der Waals surface area contributed by atoms with Crippen LogP contribution < -0.4 is 4.84 Å². The zero-order chi connectivity index (χ0) is 7.44. The third-order valence-corrected chi connectivity index (χ3v) is 1.44. The van der Waals surface area contributed by atoms with Crippen LogP contribution in [0.15, 0.2) is 0 Å². The van der Waals surface area contributed by atoms with Crippen molar-refractivity contribution in [1.82, 2.24) is 4.84 Å². The molecule has 6 heteroatoms. The van der Waals surface area contributed by atoms with E-state index in [2.05, 4.69) is 12.6 Å². The minimum absolute atomic E-state index is 0.819. The summed E-state index contributed by atoms with van der Waals surface area (Å²) in [4.78, 5) is 12.1. The number of rotatable bonds is 3. The number of nitrogens with one attached hydrogen (secondary N) is 1. The number of carbonyl (C=O) groups is 1. The van der Waals surface area contributed by atoms with E-state index in [1.165, 1.54) is 0 Å². The molecule has 3 nitrogen and oxygen atoms in total. The molecule has 0 aromatic rings. The highest BCUT2D eigenvalue weighted by molar-refractivity contribution is 7.82. The zero-order valence-corrected chi connectivity index (χ0v) is 6.62. The second-order valence-electron chi connectivity index (χ2n) is 1.30. The number of alkyl halides is 1. The summed E-state index contributed by atoms with van der Waals surface area (Å²) in [5.74, 6) is -1.12. The predicted molar refractivity (Wildman–Crippen MR) is 39.0 cm³/mol. The Morgan fingerprint density at radius 1 is 1.78 bits per heavy atom. The summed E-state index contributed by atoms with van der Waals surface area (Å²) in [6, 6.07) is -1.02. The van der Waals surface area contributed by atoms with Gasteiger partial charge < -0.3 is 5.11 Å². The lowest BCUT2D eigenvalue weighted by atomic mass is 10.4. The Bertz CT molecular complexity index is 110. The van der Waals surface area contributed by atoms with Gasteiger partial charge in [0.1, 0.15) is 10.8 Å². The summed E-state index contributed by atoms with van der Waals surface area (Å²) in [6.07, 6.45) is 0. The van der Waals surface area contributed by atoms with Crippen molar-refractivity contribution in [1.29, 1.82) is 0 Å². The maximum atomic E-state index is 10.1. The lowest BCUT2D eigenvalue weighted by Crippen LogP contribution is -2.36. The number of hydrogen-bond donors (Lipinski definition) is 3. The number of halogens is 2. The summed E-state index contributed by atoms with van der Waals surface area (Å²) < 4.78 is -0.819. The van der Waals surface area contributed by atoms with E-state index < -0.39 is 16.7 Å². The second-order valence-corrected chi connectivity index (χ2v) is 2.85. The van der Waals surface area contributed by atoms with E-state index in [9.17, 15) is 4.79 Å². The van der Waals surface area contributed by atoms with Gasteiger partial charge in [-0.05, 0) is 11.8 Å². The van der Waals surface area contributed by atoms with Gasteiger partial charge in [0.05, 0.1) is 0 Å². The first-order valence-corrected chi connectivity index (χ1v) is 3.33. The van der Waals surface area contributed by atoms with Crippen molar-refractivity contribution in [3.63, 3.8) is 0 Å². The van der Waals surface area contributed by atoms with Crippen LogP contribution in [-0.4, -0.2) is 21.8 Å². The monoisotopic (exact) mass is 189 g/mol. The highest BCUT2D eigenvalue weighted by atomic mass is 35.5. The van der Waals surface area contributed by atoms with Gasteiger partial charge in [0.15, 0.2) is 0 Å². The van der Waals surface area contributed by atoms with Crippen LogP contribution in [0.3, 0.4) is 0 Å². The van der Waals surface area contributed by atoms with Gasteiger partial charge in [-0.1, -0.05) is 0 Å². The van der Waals surface area contributed by atoms with Gasteiger partial charge >= 0.3 is 5.97 Å². The Labute approximate surface area is 67.8 Å². The fraction of sp³-hybridized carbons (Fsp3) is 0.667. The molecule has 9 heavy (non-hydrogen) atoms. The molecule has 2 N–H and O–H groups in total. The van der Waals surface area contributed by atoms with Crippen molar-refractivity contribution in [3.8, 4) is 0 Å². The maximum Gasteiger partial charge on any atom is 0.324 e. The molecular formula is C3H5Cl2NO2S. The van der Waals surface area contributed by atoms with E-state index in [0.29, 0.717) is 0 Å². The van der Waals surface area contributed by atoms with E-state index in [0.717, 1.165) is 0 Å². The largest absolute Gasteiger partial charge is 0.480 e. The van der Waals surface area contributed by atoms with Gasteiger partial charge in [0.2, 0.25) is 0 Å². The van der Waals surface area contributed by atoms with Gasteiger partial charge in [-0.25, -0.2) is 4.84 Å². The summed E-state index contributed by atoms with van der Waals surface area (Å²) in [6.45, 7) is 0. The average Bonchev–Trinajstić information content (AvgIpc) is 1.64. The molecule has 0 bridgehead atoms. The normalized spacial score (nSPS) is 16.8. The van der Waals surface area contributed by atoms with E-state index in [1.54, 1.807) is 0 Å². The van der Waals surface area contributed by atoms with Gasteiger partial charge in [-0.2, -0.15) is 12.6 Å². The third kappa shape index (κ3) is 3.15. The number of thiol groups is 1. The number of carboxylic acid groups (broad SMARTS) is 1. The molecule has 54 valence electrons. The first-order chi connectivity index (χ1) is 4.09. The van der Waals surface area contributed by atoms with Crippen molar-refractivity contribution in [2.75, 3.05) is 0 Å². The Kier molecular flexibility index (Phi) is 4.39. The van der Waals surface area contributed by atoms with Crippen LogP contribution in [0.2, 0.25) is 0 Å². The Hall–Kier alpha value is 0.360. The maximum absolute atomic E-state index is 10.1. The summed E-state index contributed by atoms with van der Waals surface area (Å²) >= 11 is 13.9. The quantitative estimate of drug-likeness (QED) is 0.348. The first-order valence-electron chi connectivity index (χ1n) is 2.00. The number of aliphatic carboxylic acids is 1. The lowest BCUT2D eigenvalue weighted by Gasteiger charge is -2.09. The predicted octanol–water partition coefficient (Wildman–Crippen LogP) is 0.678. The molecule has 0 aromatic heterocycles. The molecule has 0 saturated carbocycles. The first kappa shape index (κ1) is 9.36. The van der Waals surface area contributed by atoms with Crippen molar-refractivity contribution >= 4 is 42.0 Å².